The molecule has 0 aromatic carbocycles. The van der Waals surface area contributed by atoms with E-state index in [2.05, 4.69) is 10.6 Å². The average molecular weight is 250 g/mol. The first-order chi connectivity index (χ1) is 7.80. The van der Waals surface area contributed by atoms with Crippen molar-refractivity contribution < 1.29 is 20.9 Å². The number of rotatable bonds is 3. The first kappa shape index (κ1) is 18.1. The van der Waals surface area contributed by atoms with Crippen molar-refractivity contribution in [1.82, 2.24) is 10.6 Å². The number of hydrogen-bond donors (Lipinski definition) is 3. The van der Waals surface area contributed by atoms with Crippen LogP contribution in [-0.2, 0) is 9.53 Å². The minimum absolute atomic E-state index is 0. The summed E-state index contributed by atoms with van der Waals surface area (Å²) in [6, 6.07) is -0.537. The molecule has 1 atom stereocenters. The zero-order chi connectivity index (χ0) is 14.1. The van der Waals surface area contributed by atoms with Crippen molar-refractivity contribution >= 4 is 12.0 Å². The largest absolute Gasteiger partial charge is 0.444 e. The quantitative estimate of drug-likeness (QED) is 0.694. The maximum atomic E-state index is 11.3. The summed E-state index contributed by atoms with van der Waals surface area (Å²) < 4.78 is 5.03. The molecule has 2 amide bonds. The molecule has 0 aliphatic rings. The molecule has 0 aromatic rings. The number of hydrogen-bond acceptors (Lipinski definition) is 4. The third kappa shape index (κ3) is 9.62. The molecule has 0 aromatic heterocycles. The number of carbonyl (C=O) groups is 2. The molecular formula is C11H26N2O4. The molecule has 17 heavy (non-hydrogen) atoms. The van der Waals surface area contributed by atoms with Crippen LogP contribution >= 0.6 is 0 Å². The number of amides is 2. The van der Waals surface area contributed by atoms with E-state index < -0.39 is 17.7 Å². The van der Waals surface area contributed by atoms with Crippen molar-refractivity contribution in [1.29, 1.82) is 0 Å². The van der Waals surface area contributed by atoms with Crippen LogP contribution in [0.15, 0.2) is 0 Å². The SMILES string of the molecule is CCC(NC(=O)OC(C)(C)C)C(=O)NC.CO.[HH]. The standard InChI is InChI=1S/C10H20N2O3.CH4O.H2/c1-6-7(8(13)11-5)12-9(14)15-10(2,3)4;1-2;/h7H,6H2,1-5H3,(H,11,13)(H,12,14);2H,1H3;1H. The van der Waals surface area contributed by atoms with Crippen molar-refractivity contribution in [3.63, 3.8) is 0 Å². The molecule has 0 rings (SSSR count). The molecule has 0 spiro atoms. The lowest BCUT2D eigenvalue weighted by Crippen LogP contribution is -2.46. The van der Waals surface area contributed by atoms with E-state index in [4.69, 9.17) is 9.84 Å². The number of alkyl carbamates (subject to hydrolysis) is 1. The summed E-state index contributed by atoms with van der Waals surface area (Å²) in [5.74, 6) is -0.219. The van der Waals surface area contributed by atoms with E-state index in [1.165, 1.54) is 7.05 Å². The molecule has 0 aliphatic heterocycles. The maximum Gasteiger partial charge on any atom is 0.408 e. The van der Waals surface area contributed by atoms with Gasteiger partial charge in [-0.25, -0.2) is 4.79 Å². The van der Waals surface area contributed by atoms with Gasteiger partial charge in [0, 0.05) is 15.6 Å². The topological polar surface area (TPSA) is 87.7 Å². The van der Waals surface area contributed by atoms with Gasteiger partial charge >= 0.3 is 6.09 Å². The van der Waals surface area contributed by atoms with Gasteiger partial charge in [0.15, 0.2) is 0 Å². The van der Waals surface area contributed by atoms with Crippen LogP contribution in [0.25, 0.3) is 0 Å². The van der Waals surface area contributed by atoms with E-state index in [0.29, 0.717) is 6.42 Å². The molecule has 0 aliphatic carbocycles. The number of likely N-dealkylation sites (N-methyl/N-ethyl adjacent to an activating group) is 1. The van der Waals surface area contributed by atoms with E-state index >= 15 is 0 Å². The fourth-order valence-corrected chi connectivity index (χ4v) is 0.977. The lowest BCUT2D eigenvalue weighted by molar-refractivity contribution is -0.122. The molecule has 0 fully saturated rings. The van der Waals surface area contributed by atoms with Crippen molar-refractivity contribution in [2.75, 3.05) is 14.2 Å². The van der Waals surface area contributed by atoms with Gasteiger partial charge < -0.3 is 20.5 Å². The Labute approximate surface area is 104 Å². The number of carbonyl (C=O) groups excluding carboxylic acids is 2. The van der Waals surface area contributed by atoms with Gasteiger partial charge in [-0.2, -0.15) is 0 Å². The first-order valence-electron chi connectivity index (χ1n) is 5.46. The molecule has 0 bridgehead atoms. The summed E-state index contributed by atoms with van der Waals surface area (Å²) >= 11 is 0. The molecule has 3 N–H and O–H groups in total. The lowest BCUT2D eigenvalue weighted by Gasteiger charge is -2.22. The highest BCUT2D eigenvalue weighted by molar-refractivity contribution is 5.85. The molecule has 104 valence electrons. The number of ether oxygens (including phenoxy) is 1. The monoisotopic (exact) mass is 250 g/mol. The molecule has 6 heteroatoms. The van der Waals surface area contributed by atoms with Crippen molar-refractivity contribution in [2.45, 2.75) is 45.8 Å². The van der Waals surface area contributed by atoms with E-state index in [-0.39, 0.29) is 7.33 Å². The Bertz CT molecular complexity index is 242. The molecule has 1 unspecified atom stereocenters. The van der Waals surface area contributed by atoms with Gasteiger partial charge in [-0.1, -0.05) is 6.92 Å². The van der Waals surface area contributed by atoms with Gasteiger partial charge in [-0.05, 0) is 27.2 Å². The van der Waals surface area contributed by atoms with Gasteiger partial charge in [0.05, 0.1) is 0 Å². The van der Waals surface area contributed by atoms with Crippen LogP contribution in [0.4, 0.5) is 4.79 Å². The molecule has 0 saturated heterocycles. The predicted molar refractivity (Wildman–Crippen MR) is 67.8 cm³/mol. The minimum atomic E-state index is -0.571. The van der Waals surface area contributed by atoms with E-state index in [1.807, 2.05) is 6.92 Å². The Balaban J connectivity index is -0.000000709. The average Bonchev–Trinajstić information content (AvgIpc) is 2.25. The van der Waals surface area contributed by atoms with Crippen molar-refractivity contribution in [2.24, 2.45) is 0 Å². The van der Waals surface area contributed by atoms with Crippen LogP contribution in [0, 0.1) is 0 Å². The maximum absolute atomic E-state index is 11.3. The summed E-state index contributed by atoms with van der Waals surface area (Å²) in [4.78, 5) is 22.6. The van der Waals surface area contributed by atoms with Crippen LogP contribution in [-0.4, -0.2) is 42.9 Å². The van der Waals surface area contributed by atoms with Crippen molar-refractivity contribution in [3.8, 4) is 0 Å². The zero-order valence-corrected chi connectivity index (χ0v) is 11.5. The lowest BCUT2D eigenvalue weighted by atomic mass is 10.2. The Hall–Kier alpha value is -1.30. The summed E-state index contributed by atoms with van der Waals surface area (Å²) in [7, 11) is 2.53. The van der Waals surface area contributed by atoms with E-state index in [1.54, 1.807) is 20.8 Å². The summed E-state index contributed by atoms with van der Waals surface area (Å²) in [5.41, 5.74) is -0.551. The van der Waals surface area contributed by atoms with E-state index in [9.17, 15) is 9.59 Å². The number of aliphatic hydroxyl groups is 1. The van der Waals surface area contributed by atoms with Gasteiger partial charge in [-0.15, -0.1) is 0 Å². The Morgan fingerprint density at radius 1 is 1.35 bits per heavy atom. The van der Waals surface area contributed by atoms with Gasteiger partial charge in [0.25, 0.3) is 0 Å². The predicted octanol–water partition coefficient (Wildman–Crippen LogP) is 0.890. The molecule has 0 heterocycles. The summed E-state index contributed by atoms with van der Waals surface area (Å²) in [6.07, 6.45) is -0.0446. The fraction of sp³-hybridized carbons (Fsp3) is 0.818. The third-order valence-electron chi connectivity index (χ3n) is 1.66. The fourth-order valence-electron chi connectivity index (χ4n) is 0.977. The Morgan fingerprint density at radius 3 is 2.12 bits per heavy atom. The van der Waals surface area contributed by atoms with E-state index in [0.717, 1.165) is 7.11 Å². The van der Waals surface area contributed by atoms with Gasteiger partial charge in [-0.3, -0.25) is 4.79 Å². The summed E-state index contributed by atoms with van der Waals surface area (Å²) in [6.45, 7) is 7.13. The molecule has 0 saturated carbocycles. The molecule has 6 nitrogen and oxygen atoms in total. The highest BCUT2D eigenvalue weighted by atomic mass is 16.6. The normalized spacial score (nSPS) is 11.7. The van der Waals surface area contributed by atoms with Crippen LogP contribution < -0.4 is 10.6 Å². The first-order valence-corrected chi connectivity index (χ1v) is 5.46. The highest BCUT2D eigenvalue weighted by Gasteiger charge is 2.21. The zero-order valence-electron chi connectivity index (χ0n) is 11.5. The summed E-state index contributed by atoms with van der Waals surface area (Å²) in [5, 5.41) is 12.0. The third-order valence-corrected chi connectivity index (χ3v) is 1.66. The Morgan fingerprint density at radius 2 is 1.82 bits per heavy atom. The van der Waals surface area contributed by atoms with Crippen LogP contribution in [0.3, 0.4) is 0 Å². The van der Waals surface area contributed by atoms with Crippen LogP contribution in [0.1, 0.15) is 35.5 Å². The second-order valence-corrected chi connectivity index (χ2v) is 4.22. The van der Waals surface area contributed by atoms with Gasteiger partial charge in [0.2, 0.25) is 5.91 Å². The Kier molecular flexibility index (Phi) is 9.36. The second-order valence-electron chi connectivity index (χ2n) is 4.22. The smallest absolute Gasteiger partial charge is 0.408 e. The van der Waals surface area contributed by atoms with Crippen molar-refractivity contribution in [3.05, 3.63) is 0 Å². The molecular weight excluding hydrogens is 224 g/mol. The highest BCUT2D eigenvalue weighted by Crippen LogP contribution is 2.07. The van der Waals surface area contributed by atoms with Crippen LogP contribution in [0.2, 0.25) is 0 Å². The molecule has 0 radical (unpaired) electrons. The number of aliphatic hydroxyl groups excluding tert-OH is 1. The second kappa shape index (κ2) is 8.81. The van der Waals surface area contributed by atoms with Crippen LogP contribution in [0.5, 0.6) is 0 Å². The minimum Gasteiger partial charge on any atom is -0.444 e. The van der Waals surface area contributed by atoms with Gasteiger partial charge in [0.1, 0.15) is 11.6 Å². The number of nitrogens with one attached hydrogen (secondary N) is 2.